The number of aromatic nitrogens is 2. The van der Waals surface area contributed by atoms with Crippen LogP contribution < -0.4 is 4.74 Å². The highest BCUT2D eigenvalue weighted by Crippen LogP contribution is 2.48. The van der Waals surface area contributed by atoms with Gasteiger partial charge in [0.25, 0.3) is 6.01 Å². The summed E-state index contributed by atoms with van der Waals surface area (Å²) in [7, 11) is 0. The molecule has 162 valence electrons. The highest BCUT2D eigenvalue weighted by atomic mass is 19.1. The Hall–Kier alpha value is -2.52. The van der Waals surface area contributed by atoms with Crippen molar-refractivity contribution in [2.45, 2.75) is 42.7 Å². The van der Waals surface area contributed by atoms with E-state index in [1.165, 1.54) is 6.07 Å². The van der Waals surface area contributed by atoms with Crippen molar-refractivity contribution in [3.8, 4) is 17.1 Å². The molecule has 0 bridgehead atoms. The summed E-state index contributed by atoms with van der Waals surface area (Å²) in [6.07, 6.45) is 0.198. The fourth-order valence-corrected chi connectivity index (χ4v) is 4.66. The summed E-state index contributed by atoms with van der Waals surface area (Å²) in [4.78, 5) is 7.47. The molecule has 0 radical (unpaired) electrons. The maximum absolute atomic E-state index is 14.9. The van der Waals surface area contributed by atoms with E-state index in [0.717, 1.165) is 24.0 Å². The van der Waals surface area contributed by atoms with Crippen LogP contribution in [0.4, 0.5) is 4.39 Å². The number of ether oxygens (including phenoxy) is 3. The van der Waals surface area contributed by atoms with E-state index in [4.69, 9.17) is 14.2 Å². The molecule has 3 N–H and O–H groups in total. The van der Waals surface area contributed by atoms with Crippen molar-refractivity contribution in [3.63, 3.8) is 0 Å². The predicted octanol–water partition coefficient (Wildman–Crippen LogP) is 2.30. The lowest BCUT2D eigenvalue weighted by Crippen LogP contribution is -2.34. The van der Waals surface area contributed by atoms with Gasteiger partial charge in [0.2, 0.25) is 0 Å². The topological polar surface area (TPSA) is 96.8 Å². The summed E-state index contributed by atoms with van der Waals surface area (Å²) in [5, 5.41) is 19.5. The van der Waals surface area contributed by atoms with E-state index in [2.05, 4.69) is 9.97 Å². The predicted molar refractivity (Wildman–Crippen MR) is 109 cm³/mol. The maximum Gasteiger partial charge on any atom is 0.295 e. The third-order valence-electron chi connectivity index (χ3n) is 6.76. The molecular formula is C23H23FN2O5. The number of aromatic amines is 1. The molecule has 3 fully saturated rings. The molecule has 2 saturated heterocycles. The summed E-state index contributed by atoms with van der Waals surface area (Å²) in [6.45, 7) is 0.660. The molecule has 8 heteroatoms. The second kappa shape index (κ2) is 7.00. The second-order valence-corrected chi connectivity index (χ2v) is 8.73. The van der Waals surface area contributed by atoms with Crippen LogP contribution in [0.1, 0.15) is 18.4 Å². The average Bonchev–Trinajstić information content (AvgIpc) is 3.12. The minimum Gasteiger partial charge on any atom is -0.456 e. The first-order chi connectivity index (χ1) is 15.1. The van der Waals surface area contributed by atoms with Gasteiger partial charge in [-0.15, -0.1) is 0 Å². The van der Waals surface area contributed by atoms with Gasteiger partial charge < -0.3 is 29.4 Å². The van der Waals surface area contributed by atoms with Crippen molar-refractivity contribution >= 4 is 11.0 Å². The lowest BCUT2D eigenvalue weighted by Gasteiger charge is -2.15. The Labute approximate surface area is 177 Å². The molecule has 1 aliphatic carbocycles. The highest BCUT2D eigenvalue weighted by molar-refractivity contribution is 5.83. The lowest BCUT2D eigenvalue weighted by molar-refractivity contribution is 0.00706. The minimum atomic E-state index is -0.649. The molecule has 0 amide bonds. The van der Waals surface area contributed by atoms with Gasteiger partial charge in [0.05, 0.1) is 30.9 Å². The van der Waals surface area contributed by atoms with Crippen LogP contribution in [0.15, 0.2) is 36.4 Å². The highest BCUT2D eigenvalue weighted by Gasteiger charge is 2.48. The van der Waals surface area contributed by atoms with E-state index in [9.17, 15) is 14.6 Å². The zero-order valence-corrected chi connectivity index (χ0v) is 16.8. The van der Waals surface area contributed by atoms with Gasteiger partial charge in [-0.1, -0.05) is 24.3 Å². The van der Waals surface area contributed by atoms with Crippen LogP contribution in [0.25, 0.3) is 22.2 Å². The number of aliphatic hydroxyl groups excluding tert-OH is 2. The molecule has 2 aliphatic heterocycles. The van der Waals surface area contributed by atoms with Gasteiger partial charge in [-0.25, -0.2) is 4.39 Å². The summed E-state index contributed by atoms with van der Waals surface area (Å²) >= 11 is 0. The number of imidazole rings is 1. The minimum absolute atomic E-state index is 0.114. The second-order valence-electron chi connectivity index (χ2n) is 8.73. The number of fused-ring (bicyclic) bond motifs is 2. The Morgan fingerprint density at radius 1 is 1.13 bits per heavy atom. The Kier molecular flexibility index (Phi) is 4.33. The van der Waals surface area contributed by atoms with Crippen molar-refractivity contribution < 1.29 is 28.8 Å². The van der Waals surface area contributed by atoms with Gasteiger partial charge in [-0.2, -0.15) is 4.98 Å². The third kappa shape index (κ3) is 3.13. The molecule has 6 rings (SSSR count). The van der Waals surface area contributed by atoms with E-state index in [1.807, 2.05) is 24.3 Å². The summed E-state index contributed by atoms with van der Waals surface area (Å²) in [5.41, 5.74) is 3.31. The first-order valence-corrected chi connectivity index (χ1v) is 10.6. The maximum atomic E-state index is 14.9. The molecule has 2 aromatic carbocycles. The number of nitrogens with zero attached hydrogens (tertiary/aromatic N) is 1. The Balaban J connectivity index is 1.26. The van der Waals surface area contributed by atoms with Gasteiger partial charge in [-0.05, 0) is 30.0 Å². The number of hydrogen-bond acceptors (Lipinski definition) is 6. The van der Waals surface area contributed by atoms with Crippen LogP contribution in [0.5, 0.6) is 6.01 Å². The fraction of sp³-hybridized carbons (Fsp3) is 0.435. The van der Waals surface area contributed by atoms with E-state index in [0.29, 0.717) is 23.2 Å². The number of aliphatic hydroxyl groups is 2. The zero-order chi connectivity index (χ0) is 21.2. The largest absolute Gasteiger partial charge is 0.456 e. The lowest BCUT2D eigenvalue weighted by atomic mass is 9.94. The summed E-state index contributed by atoms with van der Waals surface area (Å²) < 4.78 is 31.9. The van der Waals surface area contributed by atoms with E-state index in [1.54, 1.807) is 6.07 Å². The van der Waals surface area contributed by atoms with Gasteiger partial charge in [0.1, 0.15) is 24.1 Å². The molecule has 0 spiro atoms. The van der Waals surface area contributed by atoms with E-state index < -0.39 is 6.10 Å². The van der Waals surface area contributed by atoms with Crippen LogP contribution >= 0.6 is 0 Å². The number of halogens is 1. The molecule has 1 aromatic heterocycles. The van der Waals surface area contributed by atoms with Crippen LogP contribution in [-0.2, 0) is 14.9 Å². The Morgan fingerprint density at radius 2 is 1.90 bits per heavy atom. The molecule has 4 atom stereocenters. The van der Waals surface area contributed by atoms with Crippen molar-refractivity contribution in [1.82, 2.24) is 9.97 Å². The third-order valence-corrected chi connectivity index (χ3v) is 6.76. The van der Waals surface area contributed by atoms with Crippen LogP contribution in [0, 0.1) is 5.82 Å². The van der Waals surface area contributed by atoms with Gasteiger partial charge in [-0.3, -0.25) is 0 Å². The van der Waals surface area contributed by atoms with Crippen molar-refractivity contribution in [2.75, 3.05) is 19.8 Å². The molecule has 1 saturated carbocycles. The van der Waals surface area contributed by atoms with Crippen molar-refractivity contribution in [1.29, 1.82) is 0 Å². The molecule has 7 nitrogen and oxygen atoms in total. The summed E-state index contributed by atoms with van der Waals surface area (Å²) in [5.74, 6) is -0.356. The van der Waals surface area contributed by atoms with Crippen LogP contribution in [0.3, 0.4) is 0 Å². The number of hydrogen-bond donors (Lipinski definition) is 3. The molecule has 31 heavy (non-hydrogen) atoms. The molecular weight excluding hydrogens is 403 g/mol. The van der Waals surface area contributed by atoms with Crippen molar-refractivity contribution in [2.24, 2.45) is 0 Å². The first kappa shape index (κ1) is 19.2. The zero-order valence-electron chi connectivity index (χ0n) is 16.8. The first-order valence-electron chi connectivity index (χ1n) is 10.6. The SMILES string of the molecule is OCC1(c2ccc(-c3cc4nc(O[C@@H]5CO[C@H]6[C@@H]5OC[C@H]6O)[nH]c4cc3F)cc2)CC1. The standard InChI is InChI=1S/C23H23FN2O5/c24-15-8-17-16(7-14(15)12-1-3-13(4-2-12)23(11-27)5-6-23)25-22(26-17)31-19-10-30-20-18(28)9-29-21(19)20/h1-4,7-8,18-21,27-28H,5-6,9-11H2,(H,25,26)/t18-,19-,20-,21-/m1/s1. The number of rotatable bonds is 5. The van der Waals surface area contributed by atoms with E-state index in [-0.39, 0.29) is 48.8 Å². The van der Waals surface area contributed by atoms with Crippen LogP contribution in [-0.4, -0.2) is 64.4 Å². The molecule has 3 aromatic rings. The Morgan fingerprint density at radius 3 is 2.65 bits per heavy atom. The smallest absolute Gasteiger partial charge is 0.295 e. The molecule has 3 heterocycles. The van der Waals surface area contributed by atoms with Crippen molar-refractivity contribution in [3.05, 3.63) is 47.8 Å². The molecule has 3 aliphatic rings. The Bertz CT molecular complexity index is 1130. The normalized spacial score (nSPS) is 28.7. The summed E-state index contributed by atoms with van der Waals surface area (Å²) in [6, 6.07) is 11.1. The molecule has 0 unspecified atom stereocenters. The number of H-pyrrole nitrogens is 1. The number of benzene rings is 2. The quantitative estimate of drug-likeness (QED) is 0.579. The van der Waals surface area contributed by atoms with Gasteiger partial charge >= 0.3 is 0 Å². The monoisotopic (exact) mass is 426 g/mol. The van der Waals surface area contributed by atoms with E-state index >= 15 is 0 Å². The number of nitrogens with one attached hydrogen (secondary N) is 1. The van der Waals surface area contributed by atoms with Gasteiger partial charge in [0, 0.05) is 17.0 Å². The van der Waals surface area contributed by atoms with Crippen LogP contribution in [0.2, 0.25) is 0 Å². The average molecular weight is 426 g/mol. The fourth-order valence-electron chi connectivity index (χ4n) is 4.66. The van der Waals surface area contributed by atoms with Gasteiger partial charge in [0.15, 0.2) is 6.10 Å².